The number of unbranched alkanes of at least 4 members (excludes halogenated alkanes) is 16. The second-order valence-electron chi connectivity index (χ2n) is 15.3. The number of allylic oxidation sites excluding steroid dienone is 16. The quantitative estimate of drug-likeness (QED) is 0.0201. The zero-order valence-electron chi connectivity index (χ0n) is 38.0. The molecule has 0 spiro atoms. The number of hydrogen-bond donors (Lipinski definition) is 0. The number of ether oxygens (including phenoxy) is 3. The van der Waals surface area contributed by atoms with Gasteiger partial charge in [-0.3, -0.25) is 14.4 Å². The largest absolute Gasteiger partial charge is 0.462 e. The molecule has 1 atom stereocenters. The normalized spacial score (nSPS) is 12.9. The fraction of sp³-hybridized carbons (Fsp3) is 0.642. The average Bonchev–Trinajstić information content (AvgIpc) is 3.23. The van der Waals surface area contributed by atoms with Crippen molar-refractivity contribution in [3.8, 4) is 0 Å². The van der Waals surface area contributed by atoms with Crippen LogP contribution in [0.25, 0.3) is 0 Å². The molecule has 0 bridgehead atoms. The van der Waals surface area contributed by atoms with Crippen LogP contribution in [0.2, 0.25) is 0 Å². The predicted octanol–water partition coefficient (Wildman–Crippen LogP) is 15.4. The van der Waals surface area contributed by atoms with Gasteiger partial charge in [0.05, 0.1) is 0 Å². The summed E-state index contributed by atoms with van der Waals surface area (Å²) in [6.45, 7) is 6.22. The molecule has 0 aromatic rings. The first-order chi connectivity index (χ1) is 29.0. The SMILES string of the molecule is CC\C=C/C=C\C=C/CCCCCCCCCC(=O)OCC(COC(=O)CCCCCCC/C=C\C/C=C\CC)OC(=O)CCCCCC/C=C\C/C=C\C/C=C\CC. The van der Waals surface area contributed by atoms with E-state index in [2.05, 4.69) is 118 Å². The predicted molar refractivity (Wildman–Crippen MR) is 251 cm³/mol. The number of rotatable bonds is 41. The summed E-state index contributed by atoms with van der Waals surface area (Å²) in [7, 11) is 0. The van der Waals surface area contributed by atoms with E-state index in [0.29, 0.717) is 19.3 Å². The summed E-state index contributed by atoms with van der Waals surface area (Å²) >= 11 is 0. The Hall–Kier alpha value is -3.67. The van der Waals surface area contributed by atoms with Gasteiger partial charge in [-0.2, -0.15) is 0 Å². The lowest BCUT2D eigenvalue weighted by Gasteiger charge is -2.18. The van der Waals surface area contributed by atoms with Crippen molar-refractivity contribution >= 4 is 17.9 Å². The van der Waals surface area contributed by atoms with E-state index in [9.17, 15) is 14.4 Å². The number of carbonyl (C=O) groups excluding carboxylic acids is 3. The Labute approximate surface area is 362 Å². The Kier molecular flexibility index (Phi) is 44.1. The summed E-state index contributed by atoms with van der Waals surface area (Å²) in [5.41, 5.74) is 0. The van der Waals surface area contributed by atoms with E-state index in [0.717, 1.165) is 135 Å². The zero-order chi connectivity index (χ0) is 43.0. The summed E-state index contributed by atoms with van der Waals surface area (Å²) in [4.78, 5) is 37.8. The molecule has 0 N–H and O–H groups in total. The minimum absolute atomic E-state index is 0.0994. The molecule has 0 aliphatic carbocycles. The Balaban J connectivity index is 4.47. The molecule has 0 aromatic heterocycles. The molecule has 59 heavy (non-hydrogen) atoms. The molecular formula is C53H86O6. The van der Waals surface area contributed by atoms with Crippen LogP contribution >= 0.6 is 0 Å². The summed E-state index contributed by atoms with van der Waals surface area (Å²) in [6, 6.07) is 0. The lowest BCUT2D eigenvalue weighted by molar-refractivity contribution is -0.167. The van der Waals surface area contributed by atoms with E-state index >= 15 is 0 Å². The van der Waals surface area contributed by atoms with Gasteiger partial charge in [0.2, 0.25) is 0 Å². The van der Waals surface area contributed by atoms with Gasteiger partial charge in [0.25, 0.3) is 0 Å². The summed E-state index contributed by atoms with van der Waals surface area (Å²) in [6.07, 6.45) is 61.0. The zero-order valence-corrected chi connectivity index (χ0v) is 38.0. The van der Waals surface area contributed by atoms with Crippen molar-refractivity contribution < 1.29 is 28.6 Å². The second-order valence-corrected chi connectivity index (χ2v) is 15.3. The molecule has 0 rings (SSSR count). The van der Waals surface area contributed by atoms with E-state index < -0.39 is 6.10 Å². The first-order valence-electron chi connectivity index (χ1n) is 23.8. The van der Waals surface area contributed by atoms with Gasteiger partial charge in [-0.15, -0.1) is 0 Å². The molecule has 334 valence electrons. The van der Waals surface area contributed by atoms with Crippen molar-refractivity contribution in [1.29, 1.82) is 0 Å². The molecule has 1 unspecified atom stereocenters. The van der Waals surface area contributed by atoms with Crippen LogP contribution in [0.15, 0.2) is 97.2 Å². The third kappa shape index (κ3) is 45.3. The van der Waals surface area contributed by atoms with Gasteiger partial charge in [-0.25, -0.2) is 0 Å². The summed E-state index contributed by atoms with van der Waals surface area (Å²) in [5.74, 6) is -0.956. The van der Waals surface area contributed by atoms with Gasteiger partial charge >= 0.3 is 17.9 Å². The highest BCUT2D eigenvalue weighted by Gasteiger charge is 2.19. The smallest absolute Gasteiger partial charge is 0.306 e. The number of hydrogen-bond acceptors (Lipinski definition) is 6. The van der Waals surface area contributed by atoms with Gasteiger partial charge in [0.1, 0.15) is 13.2 Å². The Morgan fingerprint density at radius 1 is 0.356 bits per heavy atom. The van der Waals surface area contributed by atoms with Gasteiger partial charge in [-0.05, 0) is 96.3 Å². The molecule has 6 heteroatoms. The van der Waals surface area contributed by atoms with Crippen molar-refractivity contribution in [1.82, 2.24) is 0 Å². The summed E-state index contributed by atoms with van der Waals surface area (Å²) < 4.78 is 16.7. The second kappa shape index (κ2) is 47.0. The first-order valence-corrected chi connectivity index (χ1v) is 23.8. The molecule has 0 fully saturated rings. The van der Waals surface area contributed by atoms with E-state index in [4.69, 9.17) is 14.2 Å². The third-order valence-corrected chi connectivity index (χ3v) is 9.63. The van der Waals surface area contributed by atoms with Crippen molar-refractivity contribution in [2.45, 2.75) is 207 Å². The highest BCUT2D eigenvalue weighted by Crippen LogP contribution is 2.13. The lowest BCUT2D eigenvalue weighted by Crippen LogP contribution is -2.30. The van der Waals surface area contributed by atoms with Crippen LogP contribution < -0.4 is 0 Å². The molecule has 0 saturated heterocycles. The monoisotopic (exact) mass is 819 g/mol. The first kappa shape index (κ1) is 55.3. The minimum atomic E-state index is -0.800. The molecule has 0 aliphatic heterocycles. The molecule has 0 aromatic carbocycles. The molecule has 0 heterocycles. The highest BCUT2D eigenvalue weighted by molar-refractivity contribution is 5.71. The van der Waals surface area contributed by atoms with Gasteiger partial charge < -0.3 is 14.2 Å². The van der Waals surface area contributed by atoms with Crippen LogP contribution in [-0.4, -0.2) is 37.2 Å². The van der Waals surface area contributed by atoms with Crippen molar-refractivity contribution in [2.24, 2.45) is 0 Å². The van der Waals surface area contributed by atoms with E-state index in [1.165, 1.54) is 25.7 Å². The number of carbonyl (C=O) groups is 3. The maximum Gasteiger partial charge on any atom is 0.306 e. The molecule has 6 nitrogen and oxygen atoms in total. The van der Waals surface area contributed by atoms with Gasteiger partial charge in [0.15, 0.2) is 6.10 Å². The van der Waals surface area contributed by atoms with E-state index in [1.807, 2.05) is 0 Å². The fourth-order valence-electron chi connectivity index (χ4n) is 6.14. The standard InChI is InChI=1S/C53H86O6/c1-4-7-10-13-16-19-22-25-27-29-31-34-37-40-43-46-52(55)58-49-50(48-57-51(54)45-42-39-36-33-30-24-21-18-15-12-9-6-3)59-53(56)47-44-41-38-35-32-28-26-23-20-17-14-11-8-5-2/h7-13,16-22,26,28,50H,4-6,14-15,23-25,27,29-49H2,1-3H3/b10-7-,11-8-,12-9-,16-13-,20-17-,21-18-,22-19-,28-26-. The van der Waals surface area contributed by atoms with Crippen LogP contribution in [0.1, 0.15) is 201 Å². The highest BCUT2D eigenvalue weighted by atomic mass is 16.6. The van der Waals surface area contributed by atoms with E-state index in [-0.39, 0.29) is 31.1 Å². The molecule has 0 aliphatic rings. The van der Waals surface area contributed by atoms with Crippen molar-refractivity contribution in [3.05, 3.63) is 97.2 Å². The molecule has 0 radical (unpaired) electrons. The summed E-state index contributed by atoms with van der Waals surface area (Å²) in [5, 5.41) is 0. The van der Waals surface area contributed by atoms with Crippen molar-refractivity contribution in [3.63, 3.8) is 0 Å². The minimum Gasteiger partial charge on any atom is -0.462 e. The molecule has 0 amide bonds. The maximum atomic E-state index is 12.7. The van der Waals surface area contributed by atoms with E-state index in [1.54, 1.807) is 0 Å². The Morgan fingerprint density at radius 2 is 0.695 bits per heavy atom. The van der Waals surface area contributed by atoms with Crippen molar-refractivity contribution in [2.75, 3.05) is 13.2 Å². The third-order valence-electron chi connectivity index (χ3n) is 9.63. The van der Waals surface area contributed by atoms with Crippen LogP contribution in [-0.2, 0) is 28.6 Å². The van der Waals surface area contributed by atoms with Crippen LogP contribution in [0.4, 0.5) is 0 Å². The van der Waals surface area contributed by atoms with Gasteiger partial charge in [-0.1, -0.05) is 182 Å². The fourth-order valence-corrected chi connectivity index (χ4v) is 6.14. The van der Waals surface area contributed by atoms with Crippen LogP contribution in [0.5, 0.6) is 0 Å². The van der Waals surface area contributed by atoms with Crippen LogP contribution in [0.3, 0.4) is 0 Å². The topological polar surface area (TPSA) is 78.9 Å². The Bertz CT molecular complexity index is 1220. The average molecular weight is 819 g/mol. The molecule has 0 saturated carbocycles. The lowest BCUT2D eigenvalue weighted by atomic mass is 10.1. The maximum absolute atomic E-state index is 12.7. The molecular weight excluding hydrogens is 733 g/mol. The van der Waals surface area contributed by atoms with Gasteiger partial charge in [0, 0.05) is 19.3 Å². The Morgan fingerprint density at radius 3 is 1.14 bits per heavy atom. The van der Waals surface area contributed by atoms with Crippen LogP contribution in [0, 0.1) is 0 Å². The number of esters is 3.